The highest BCUT2D eigenvalue weighted by Gasteiger charge is 2.18. The van der Waals surface area contributed by atoms with Gasteiger partial charge in [0.15, 0.2) is 11.5 Å². The van der Waals surface area contributed by atoms with Gasteiger partial charge in [0.25, 0.3) is 11.6 Å². The number of methoxy groups -OCH3 is 2. The van der Waals surface area contributed by atoms with E-state index < -0.39 is 10.8 Å². The number of non-ortho nitro benzene ring substituents is 1. The van der Waals surface area contributed by atoms with Gasteiger partial charge in [-0.1, -0.05) is 5.16 Å². The number of hydrogen-bond donors (Lipinski definition) is 2. The summed E-state index contributed by atoms with van der Waals surface area (Å²) in [6, 6.07) is 16.2. The third-order valence-electron chi connectivity index (χ3n) is 4.85. The Kier molecular flexibility index (Phi) is 6.49. The Hall–Kier alpha value is -5.06. The third-order valence-corrected chi connectivity index (χ3v) is 4.85. The van der Waals surface area contributed by atoms with Crippen LogP contribution in [0.3, 0.4) is 0 Å². The molecule has 0 aliphatic heterocycles. The average Bonchev–Trinajstić information content (AvgIpc) is 3.35. The molecule has 35 heavy (non-hydrogen) atoms. The number of carbonyl (C=O) groups excluding carboxylic acids is 1. The number of anilines is 1. The Labute approximate surface area is 198 Å². The zero-order chi connectivity index (χ0) is 24.9. The summed E-state index contributed by atoms with van der Waals surface area (Å²) in [5, 5.41) is 27.2. The molecule has 4 aromatic rings. The smallest absolute Gasteiger partial charge is 0.294 e. The Morgan fingerprint density at radius 2 is 1.71 bits per heavy atom. The highest BCUT2D eigenvalue weighted by atomic mass is 16.6. The van der Waals surface area contributed by atoms with E-state index >= 15 is 0 Å². The molecule has 1 amide bonds. The van der Waals surface area contributed by atoms with Crippen molar-refractivity contribution in [3.8, 4) is 40.0 Å². The number of amides is 1. The first-order valence-corrected chi connectivity index (χ1v) is 10.1. The first-order valence-electron chi connectivity index (χ1n) is 10.1. The van der Waals surface area contributed by atoms with E-state index in [0.29, 0.717) is 28.5 Å². The Bertz CT molecular complexity index is 1380. The summed E-state index contributed by atoms with van der Waals surface area (Å²) >= 11 is 0. The van der Waals surface area contributed by atoms with Crippen LogP contribution in [0.15, 0.2) is 71.3 Å². The van der Waals surface area contributed by atoms with Crippen LogP contribution in [0.4, 0.5) is 11.4 Å². The van der Waals surface area contributed by atoms with Crippen molar-refractivity contribution < 1.29 is 33.6 Å². The number of phenolic OH excluding ortho intramolecular Hbond substituents is 1. The minimum Gasteiger partial charge on any atom is -0.508 e. The van der Waals surface area contributed by atoms with Crippen molar-refractivity contribution in [3.05, 3.63) is 82.6 Å². The van der Waals surface area contributed by atoms with Gasteiger partial charge in [-0.2, -0.15) is 0 Å². The highest BCUT2D eigenvalue weighted by Crippen LogP contribution is 2.33. The van der Waals surface area contributed by atoms with Gasteiger partial charge in [-0.05, 0) is 42.5 Å². The molecule has 0 fully saturated rings. The van der Waals surface area contributed by atoms with E-state index in [9.17, 15) is 20.0 Å². The van der Waals surface area contributed by atoms with Gasteiger partial charge in [0.05, 0.1) is 30.9 Å². The maximum absolute atomic E-state index is 12.7. The fraction of sp³-hybridized carbons (Fsp3) is 0.0833. The Morgan fingerprint density at radius 3 is 2.40 bits per heavy atom. The number of nitrogens with one attached hydrogen (secondary N) is 1. The average molecular weight is 477 g/mol. The lowest BCUT2D eigenvalue weighted by molar-refractivity contribution is -0.384. The summed E-state index contributed by atoms with van der Waals surface area (Å²) in [6.45, 7) is 0. The maximum atomic E-state index is 12.7. The maximum Gasteiger partial charge on any atom is 0.294 e. The van der Waals surface area contributed by atoms with Crippen LogP contribution in [0.5, 0.6) is 28.7 Å². The lowest BCUT2D eigenvalue weighted by Crippen LogP contribution is -2.11. The van der Waals surface area contributed by atoms with Gasteiger partial charge in [-0.15, -0.1) is 0 Å². The fourth-order valence-electron chi connectivity index (χ4n) is 3.18. The van der Waals surface area contributed by atoms with Crippen LogP contribution < -0.4 is 19.5 Å². The molecule has 0 aliphatic carbocycles. The topological polar surface area (TPSA) is 146 Å². The normalized spacial score (nSPS) is 10.5. The Morgan fingerprint density at radius 1 is 0.971 bits per heavy atom. The van der Waals surface area contributed by atoms with Crippen LogP contribution in [0.25, 0.3) is 11.3 Å². The highest BCUT2D eigenvalue weighted by molar-refractivity contribution is 6.03. The summed E-state index contributed by atoms with van der Waals surface area (Å²) in [5.74, 6) is 0.746. The molecule has 0 saturated heterocycles. The van der Waals surface area contributed by atoms with Crippen LogP contribution in [-0.4, -0.2) is 35.3 Å². The van der Waals surface area contributed by atoms with Crippen molar-refractivity contribution >= 4 is 17.3 Å². The molecule has 3 aromatic carbocycles. The zero-order valence-electron chi connectivity index (χ0n) is 18.6. The number of nitro groups is 1. The molecule has 0 unspecified atom stereocenters. The van der Waals surface area contributed by atoms with E-state index in [2.05, 4.69) is 10.5 Å². The summed E-state index contributed by atoms with van der Waals surface area (Å²) in [4.78, 5) is 23.5. The van der Waals surface area contributed by atoms with Crippen molar-refractivity contribution in [2.75, 3.05) is 19.5 Å². The molecule has 0 spiro atoms. The number of hydrogen-bond acceptors (Lipinski definition) is 9. The lowest BCUT2D eigenvalue weighted by atomic mass is 10.1. The van der Waals surface area contributed by atoms with Crippen molar-refractivity contribution in [3.63, 3.8) is 0 Å². The van der Waals surface area contributed by atoms with Gasteiger partial charge in [-0.25, -0.2) is 0 Å². The number of carbonyl (C=O) groups is 1. The summed E-state index contributed by atoms with van der Waals surface area (Å²) in [7, 11) is 3.02. The lowest BCUT2D eigenvalue weighted by Gasteiger charge is -2.09. The molecule has 2 N–H and O–H groups in total. The van der Waals surface area contributed by atoms with Gasteiger partial charge in [0.2, 0.25) is 5.76 Å². The first kappa shape index (κ1) is 23.1. The largest absolute Gasteiger partial charge is 0.508 e. The summed E-state index contributed by atoms with van der Waals surface area (Å²) in [5.41, 5.74) is 0.832. The molecule has 1 heterocycles. The quantitative estimate of drug-likeness (QED) is 0.264. The van der Waals surface area contributed by atoms with Crippen LogP contribution in [0.2, 0.25) is 0 Å². The summed E-state index contributed by atoms with van der Waals surface area (Å²) in [6.07, 6.45) is 0. The van der Waals surface area contributed by atoms with Crippen LogP contribution in [0.1, 0.15) is 10.6 Å². The molecule has 4 rings (SSSR count). The van der Waals surface area contributed by atoms with Crippen LogP contribution in [-0.2, 0) is 0 Å². The number of nitrogens with zero attached hydrogens (tertiary/aromatic N) is 2. The molecular formula is C24H19N3O8. The fourth-order valence-corrected chi connectivity index (χ4v) is 3.18. The first-order chi connectivity index (χ1) is 16.9. The molecule has 0 bridgehead atoms. The number of ether oxygens (including phenoxy) is 3. The molecule has 1 aromatic heterocycles. The van der Waals surface area contributed by atoms with Crippen molar-refractivity contribution in [1.29, 1.82) is 0 Å². The van der Waals surface area contributed by atoms with Gasteiger partial charge in [-0.3, -0.25) is 14.9 Å². The van der Waals surface area contributed by atoms with Gasteiger partial charge in [0, 0.05) is 23.8 Å². The second-order valence-corrected chi connectivity index (χ2v) is 7.17. The third kappa shape index (κ3) is 5.30. The van der Waals surface area contributed by atoms with Gasteiger partial charge >= 0.3 is 0 Å². The van der Waals surface area contributed by atoms with Crippen molar-refractivity contribution in [2.24, 2.45) is 0 Å². The molecule has 0 radical (unpaired) electrons. The van der Waals surface area contributed by atoms with E-state index in [0.717, 1.165) is 0 Å². The number of benzene rings is 3. The second-order valence-electron chi connectivity index (χ2n) is 7.17. The summed E-state index contributed by atoms with van der Waals surface area (Å²) < 4.78 is 21.3. The second kappa shape index (κ2) is 9.83. The minimum absolute atomic E-state index is 0.0452. The van der Waals surface area contributed by atoms with Crippen LogP contribution in [0, 0.1) is 10.1 Å². The standard InChI is InChI=1S/C24H19N3O8/c1-32-21-8-3-14(9-22(21)33-2)20-13-23(35-26-20)24(29)25-15-10-16(27(30)31)12-19(11-15)34-18-6-4-17(28)5-7-18/h3-13,28H,1-2H3,(H,25,29). The number of nitro benzene ring substituents is 1. The number of phenols is 1. The molecule has 11 nitrogen and oxygen atoms in total. The predicted molar refractivity (Wildman–Crippen MR) is 124 cm³/mol. The molecule has 0 aliphatic rings. The minimum atomic E-state index is -0.666. The van der Waals surface area contributed by atoms with Crippen molar-refractivity contribution in [1.82, 2.24) is 5.16 Å². The van der Waals surface area contributed by atoms with E-state index in [1.54, 1.807) is 18.2 Å². The molecule has 0 atom stereocenters. The number of aromatic nitrogens is 1. The predicted octanol–water partition coefficient (Wildman–Crippen LogP) is 5.02. The number of aromatic hydroxyl groups is 1. The van der Waals surface area contributed by atoms with E-state index in [1.165, 1.54) is 62.8 Å². The monoisotopic (exact) mass is 477 g/mol. The van der Waals surface area contributed by atoms with Gasteiger partial charge in [0.1, 0.15) is 22.9 Å². The zero-order valence-corrected chi connectivity index (χ0v) is 18.6. The SMILES string of the molecule is COc1ccc(-c2cc(C(=O)Nc3cc(Oc4ccc(O)cc4)cc([N+](=O)[O-])c3)on2)cc1OC. The molecular weight excluding hydrogens is 458 g/mol. The van der Waals surface area contributed by atoms with Gasteiger partial charge < -0.3 is 29.2 Å². The molecule has 178 valence electrons. The van der Waals surface area contributed by atoms with E-state index in [1.807, 2.05) is 0 Å². The molecule has 0 saturated carbocycles. The van der Waals surface area contributed by atoms with E-state index in [4.69, 9.17) is 18.7 Å². The Balaban J connectivity index is 1.56. The van der Waals surface area contributed by atoms with E-state index in [-0.39, 0.29) is 28.6 Å². The van der Waals surface area contributed by atoms with Crippen molar-refractivity contribution in [2.45, 2.75) is 0 Å². The number of rotatable bonds is 8. The molecule has 11 heteroatoms. The van der Waals surface area contributed by atoms with Crippen LogP contribution >= 0.6 is 0 Å².